The Morgan fingerprint density at radius 1 is 0.933 bits per heavy atom. The first-order chi connectivity index (χ1) is 7.20. The van der Waals surface area contributed by atoms with E-state index < -0.39 is 12.3 Å². The van der Waals surface area contributed by atoms with E-state index in [2.05, 4.69) is 32.1 Å². The fraction of sp³-hybridized carbons (Fsp3) is 0.333. The fourth-order valence-electron chi connectivity index (χ4n) is 0.574. The lowest BCUT2D eigenvalue weighted by Crippen LogP contribution is -2.10. The molecule has 0 rings (SSSR count). The molecule has 15 heavy (non-hydrogen) atoms. The molecule has 0 aliphatic carbocycles. The Labute approximate surface area is 87.1 Å². The molecule has 0 aromatic carbocycles. The van der Waals surface area contributed by atoms with Crippen molar-refractivity contribution in [2.45, 2.75) is 6.42 Å². The molecule has 0 heterocycles. The van der Waals surface area contributed by atoms with Gasteiger partial charge in [0.25, 0.3) is 0 Å². The second-order valence-electron chi connectivity index (χ2n) is 2.12. The lowest BCUT2D eigenvalue weighted by atomic mass is 10.5. The number of rotatable bonds is 6. The molecule has 0 aliphatic rings. The van der Waals surface area contributed by atoms with Gasteiger partial charge < -0.3 is 18.9 Å². The third-order valence-electron chi connectivity index (χ3n) is 1.09. The molecular formula is C9H12O6. The van der Waals surface area contributed by atoms with Crippen LogP contribution >= 0.6 is 0 Å². The van der Waals surface area contributed by atoms with Crippen LogP contribution in [0, 0.1) is 0 Å². The van der Waals surface area contributed by atoms with Crippen molar-refractivity contribution in [3.63, 3.8) is 0 Å². The van der Waals surface area contributed by atoms with Gasteiger partial charge >= 0.3 is 12.3 Å². The molecule has 0 saturated carbocycles. The Hall–Kier alpha value is -1.98. The van der Waals surface area contributed by atoms with Crippen molar-refractivity contribution in [1.82, 2.24) is 0 Å². The normalized spacial score (nSPS) is 8.53. The van der Waals surface area contributed by atoms with E-state index in [0.717, 1.165) is 12.5 Å². The highest BCUT2D eigenvalue weighted by molar-refractivity contribution is 5.61. The fourth-order valence-corrected chi connectivity index (χ4v) is 0.574. The van der Waals surface area contributed by atoms with Gasteiger partial charge in [-0.1, -0.05) is 13.2 Å². The summed E-state index contributed by atoms with van der Waals surface area (Å²) in [6.07, 6.45) is 0.566. The largest absolute Gasteiger partial charge is 0.513 e. The van der Waals surface area contributed by atoms with E-state index in [-0.39, 0.29) is 13.2 Å². The van der Waals surface area contributed by atoms with Gasteiger partial charge in [0.2, 0.25) is 0 Å². The third-order valence-corrected chi connectivity index (χ3v) is 1.09. The third kappa shape index (κ3) is 8.35. The molecular weight excluding hydrogens is 204 g/mol. The Morgan fingerprint density at radius 3 is 1.67 bits per heavy atom. The summed E-state index contributed by atoms with van der Waals surface area (Å²) in [7, 11) is 0. The van der Waals surface area contributed by atoms with Crippen LogP contribution in [0.2, 0.25) is 0 Å². The van der Waals surface area contributed by atoms with Crippen LogP contribution < -0.4 is 0 Å². The molecule has 0 aromatic rings. The summed E-state index contributed by atoms with van der Waals surface area (Å²) in [6.45, 7) is 6.50. The maximum absolute atomic E-state index is 10.6. The molecule has 0 aliphatic heterocycles. The molecule has 6 nitrogen and oxygen atoms in total. The van der Waals surface area contributed by atoms with Gasteiger partial charge in [0, 0.05) is 6.42 Å². The molecule has 6 heteroatoms. The Kier molecular flexibility index (Phi) is 7.47. The van der Waals surface area contributed by atoms with Gasteiger partial charge in [0.1, 0.15) is 0 Å². The first kappa shape index (κ1) is 13.0. The van der Waals surface area contributed by atoms with Gasteiger partial charge in [0.15, 0.2) is 0 Å². The first-order valence-electron chi connectivity index (χ1n) is 4.09. The summed E-state index contributed by atoms with van der Waals surface area (Å²) >= 11 is 0. The maximum Gasteiger partial charge on any atom is 0.513 e. The molecule has 0 bridgehead atoms. The van der Waals surface area contributed by atoms with Crippen molar-refractivity contribution < 1.29 is 28.5 Å². The van der Waals surface area contributed by atoms with Gasteiger partial charge in [-0.2, -0.15) is 0 Å². The number of hydrogen-bond acceptors (Lipinski definition) is 6. The molecule has 0 aromatic heterocycles. The monoisotopic (exact) mass is 216 g/mol. The van der Waals surface area contributed by atoms with Crippen molar-refractivity contribution >= 4 is 12.3 Å². The molecule has 0 fully saturated rings. The first-order valence-corrected chi connectivity index (χ1v) is 4.09. The lowest BCUT2D eigenvalue weighted by Gasteiger charge is -2.03. The zero-order valence-electron chi connectivity index (χ0n) is 8.14. The number of carbonyl (C=O) groups is 2. The summed E-state index contributed by atoms with van der Waals surface area (Å²) in [5, 5.41) is 0. The van der Waals surface area contributed by atoms with Crippen molar-refractivity contribution in [3.8, 4) is 0 Å². The maximum atomic E-state index is 10.6. The minimum absolute atomic E-state index is 0.0774. The molecule has 0 amide bonds. The van der Waals surface area contributed by atoms with E-state index in [9.17, 15) is 9.59 Å². The SMILES string of the molecule is C=COC(=O)OCCCOC(=O)OC=C. The number of hydrogen-bond donors (Lipinski definition) is 0. The molecule has 0 atom stereocenters. The predicted molar refractivity (Wildman–Crippen MR) is 49.9 cm³/mol. The molecule has 0 saturated heterocycles. The van der Waals surface area contributed by atoms with Crippen molar-refractivity contribution in [2.24, 2.45) is 0 Å². The highest BCUT2D eigenvalue weighted by Crippen LogP contribution is 1.91. The highest BCUT2D eigenvalue weighted by atomic mass is 16.7. The van der Waals surface area contributed by atoms with Crippen LogP contribution in [0.3, 0.4) is 0 Å². The minimum atomic E-state index is -0.848. The smallest absolute Gasteiger partial charge is 0.434 e. The average Bonchev–Trinajstić information content (AvgIpc) is 2.18. The Bertz CT molecular complexity index is 211. The Morgan fingerprint density at radius 2 is 1.33 bits per heavy atom. The molecule has 84 valence electrons. The highest BCUT2D eigenvalue weighted by Gasteiger charge is 2.03. The topological polar surface area (TPSA) is 71.1 Å². The van der Waals surface area contributed by atoms with Gasteiger partial charge in [-0.15, -0.1) is 0 Å². The van der Waals surface area contributed by atoms with Gasteiger partial charge in [-0.3, -0.25) is 0 Å². The van der Waals surface area contributed by atoms with Gasteiger partial charge in [-0.25, -0.2) is 9.59 Å². The number of ether oxygens (including phenoxy) is 4. The summed E-state index contributed by atoms with van der Waals surface area (Å²) in [5.74, 6) is 0. The van der Waals surface area contributed by atoms with E-state index in [1.807, 2.05) is 0 Å². The van der Waals surface area contributed by atoms with Crippen molar-refractivity contribution in [1.29, 1.82) is 0 Å². The quantitative estimate of drug-likeness (QED) is 0.384. The van der Waals surface area contributed by atoms with Crippen LogP contribution in [0.15, 0.2) is 25.7 Å². The standard InChI is InChI=1S/C9H12O6/c1-3-12-8(10)14-6-5-7-15-9(11)13-4-2/h3-4H,1-2,5-7H2. The average molecular weight is 216 g/mol. The van der Waals surface area contributed by atoms with Gasteiger partial charge in [0.05, 0.1) is 25.7 Å². The molecule has 0 radical (unpaired) electrons. The van der Waals surface area contributed by atoms with Crippen LogP contribution in [0.25, 0.3) is 0 Å². The van der Waals surface area contributed by atoms with Crippen molar-refractivity contribution in [3.05, 3.63) is 25.7 Å². The Balaban J connectivity index is 3.31. The second kappa shape index (κ2) is 8.61. The zero-order valence-corrected chi connectivity index (χ0v) is 8.14. The summed E-state index contributed by atoms with van der Waals surface area (Å²) < 4.78 is 17.6. The van der Waals surface area contributed by atoms with E-state index in [4.69, 9.17) is 0 Å². The summed E-state index contributed by atoms with van der Waals surface area (Å²) in [4.78, 5) is 21.2. The van der Waals surface area contributed by atoms with Crippen LogP contribution in [0.4, 0.5) is 9.59 Å². The van der Waals surface area contributed by atoms with Crippen LogP contribution in [-0.2, 0) is 18.9 Å². The molecule has 0 N–H and O–H groups in total. The van der Waals surface area contributed by atoms with Crippen LogP contribution in [0.5, 0.6) is 0 Å². The van der Waals surface area contributed by atoms with Gasteiger partial charge in [-0.05, 0) is 0 Å². The van der Waals surface area contributed by atoms with E-state index in [1.54, 1.807) is 0 Å². The van der Waals surface area contributed by atoms with E-state index in [0.29, 0.717) is 6.42 Å². The van der Waals surface area contributed by atoms with Crippen LogP contribution in [0.1, 0.15) is 6.42 Å². The zero-order chi connectivity index (χ0) is 11.5. The summed E-state index contributed by atoms with van der Waals surface area (Å²) in [6, 6.07) is 0. The second-order valence-corrected chi connectivity index (χ2v) is 2.12. The lowest BCUT2D eigenvalue weighted by molar-refractivity contribution is 0.0630. The van der Waals surface area contributed by atoms with E-state index in [1.165, 1.54) is 0 Å². The van der Waals surface area contributed by atoms with E-state index >= 15 is 0 Å². The minimum Gasteiger partial charge on any atom is -0.434 e. The molecule has 0 unspecified atom stereocenters. The van der Waals surface area contributed by atoms with Crippen LogP contribution in [-0.4, -0.2) is 25.5 Å². The molecule has 0 spiro atoms. The number of carbonyl (C=O) groups excluding carboxylic acids is 2. The summed E-state index contributed by atoms with van der Waals surface area (Å²) in [5.41, 5.74) is 0. The predicted octanol–water partition coefficient (Wildman–Crippen LogP) is 1.97. The van der Waals surface area contributed by atoms with Crippen molar-refractivity contribution in [2.75, 3.05) is 13.2 Å².